The van der Waals surface area contributed by atoms with Crippen molar-refractivity contribution in [2.45, 2.75) is 39.8 Å². The average molecular weight is 227 g/mol. The molecule has 0 aromatic carbocycles. The highest BCUT2D eigenvalue weighted by atomic mass is 15.3. The summed E-state index contributed by atoms with van der Waals surface area (Å²) in [6.45, 7) is 13.8. The van der Waals surface area contributed by atoms with E-state index >= 15 is 0 Å². The van der Waals surface area contributed by atoms with E-state index < -0.39 is 0 Å². The first kappa shape index (κ1) is 13.9. The molecule has 2 unspecified atom stereocenters. The number of likely N-dealkylation sites (N-methyl/N-ethyl adjacent to an activating group) is 3. The third-order valence-electron chi connectivity index (χ3n) is 3.64. The van der Waals surface area contributed by atoms with Crippen LogP contribution < -0.4 is 5.32 Å². The maximum atomic E-state index is 3.67. The topological polar surface area (TPSA) is 18.5 Å². The molecule has 0 aliphatic carbocycles. The first-order valence-corrected chi connectivity index (χ1v) is 6.48. The third kappa shape index (κ3) is 3.44. The molecule has 3 nitrogen and oxygen atoms in total. The van der Waals surface area contributed by atoms with Gasteiger partial charge in [-0.25, -0.2) is 0 Å². The zero-order chi connectivity index (χ0) is 12.3. The van der Waals surface area contributed by atoms with Gasteiger partial charge in [-0.05, 0) is 26.1 Å². The molecule has 16 heavy (non-hydrogen) atoms. The van der Waals surface area contributed by atoms with Gasteiger partial charge in [0.15, 0.2) is 0 Å². The molecule has 0 radical (unpaired) electrons. The lowest BCUT2D eigenvalue weighted by molar-refractivity contribution is 0.0535. The van der Waals surface area contributed by atoms with Gasteiger partial charge in [-0.1, -0.05) is 27.7 Å². The Hall–Kier alpha value is -0.120. The summed E-state index contributed by atoms with van der Waals surface area (Å²) in [4.78, 5) is 4.96. The zero-order valence-electron chi connectivity index (χ0n) is 11.9. The third-order valence-corrected chi connectivity index (χ3v) is 3.64. The molecule has 0 spiro atoms. The molecule has 1 saturated heterocycles. The number of hydrogen-bond acceptors (Lipinski definition) is 3. The number of piperazine rings is 1. The van der Waals surface area contributed by atoms with E-state index in [0.717, 1.165) is 6.54 Å². The van der Waals surface area contributed by atoms with Gasteiger partial charge >= 0.3 is 0 Å². The Morgan fingerprint density at radius 1 is 1.25 bits per heavy atom. The van der Waals surface area contributed by atoms with Crippen molar-refractivity contribution in [3.63, 3.8) is 0 Å². The average Bonchev–Trinajstić information content (AvgIpc) is 2.17. The maximum absolute atomic E-state index is 3.67. The lowest BCUT2D eigenvalue weighted by atomic mass is 9.81. The van der Waals surface area contributed by atoms with Crippen LogP contribution >= 0.6 is 0 Å². The first-order valence-electron chi connectivity index (χ1n) is 6.48. The zero-order valence-corrected chi connectivity index (χ0v) is 11.9. The molecular formula is C13H29N3. The van der Waals surface area contributed by atoms with E-state index in [-0.39, 0.29) is 0 Å². The summed E-state index contributed by atoms with van der Waals surface area (Å²) in [5.74, 6) is 0. The monoisotopic (exact) mass is 227 g/mol. The Balaban J connectivity index is 2.75. The van der Waals surface area contributed by atoms with Crippen LogP contribution in [-0.2, 0) is 0 Å². The number of nitrogens with zero attached hydrogens (tertiary/aromatic N) is 2. The van der Waals surface area contributed by atoms with E-state index in [2.05, 4.69) is 56.9 Å². The van der Waals surface area contributed by atoms with Gasteiger partial charge in [0, 0.05) is 31.7 Å². The number of rotatable bonds is 3. The molecule has 3 heteroatoms. The molecule has 1 fully saturated rings. The van der Waals surface area contributed by atoms with E-state index in [0.29, 0.717) is 17.5 Å². The van der Waals surface area contributed by atoms with Crippen LogP contribution in [-0.4, -0.2) is 62.2 Å². The predicted octanol–water partition coefficient (Wildman–Crippen LogP) is 1.26. The summed E-state index contributed by atoms with van der Waals surface area (Å²) in [6.07, 6.45) is 0. The quantitative estimate of drug-likeness (QED) is 0.783. The molecule has 1 aliphatic heterocycles. The Bertz CT molecular complexity index is 210. The van der Waals surface area contributed by atoms with Crippen molar-refractivity contribution in [1.29, 1.82) is 0 Å². The maximum Gasteiger partial charge on any atom is 0.0379 e. The summed E-state index contributed by atoms with van der Waals surface area (Å²) in [5, 5.41) is 3.67. The van der Waals surface area contributed by atoms with Crippen LogP contribution in [0.4, 0.5) is 0 Å². The Kier molecular flexibility index (Phi) is 4.77. The van der Waals surface area contributed by atoms with Crippen LogP contribution in [0.15, 0.2) is 0 Å². The molecule has 0 amide bonds. The van der Waals surface area contributed by atoms with Crippen LogP contribution in [0, 0.1) is 5.41 Å². The van der Waals surface area contributed by atoms with Gasteiger partial charge in [0.25, 0.3) is 0 Å². The minimum Gasteiger partial charge on any atom is -0.312 e. The molecule has 0 saturated carbocycles. The van der Waals surface area contributed by atoms with Crippen LogP contribution in [0.1, 0.15) is 27.7 Å². The highest BCUT2D eigenvalue weighted by Gasteiger charge is 2.36. The first-order chi connectivity index (χ1) is 7.36. The molecule has 0 aromatic rings. The molecule has 96 valence electrons. The fourth-order valence-electron chi connectivity index (χ4n) is 2.64. The molecule has 1 N–H and O–H groups in total. The van der Waals surface area contributed by atoms with Crippen LogP contribution in [0.3, 0.4) is 0 Å². The molecule has 1 rings (SSSR count). The minimum absolute atomic E-state index is 0.313. The van der Waals surface area contributed by atoms with Gasteiger partial charge in [-0.2, -0.15) is 0 Å². The SMILES string of the molecule is CCNC(C1CN(C)CCN1C)C(C)(C)C. The van der Waals surface area contributed by atoms with E-state index in [1.807, 2.05) is 0 Å². The Labute approximate surface area is 101 Å². The van der Waals surface area contributed by atoms with Crippen molar-refractivity contribution < 1.29 is 0 Å². The predicted molar refractivity (Wildman–Crippen MR) is 70.8 cm³/mol. The van der Waals surface area contributed by atoms with E-state index in [9.17, 15) is 0 Å². The molecule has 1 aliphatic rings. The second kappa shape index (κ2) is 5.48. The second-order valence-corrected chi connectivity index (χ2v) is 6.21. The summed E-state index contributed by atoms with van der Waals surface area (Å²) in [7, 11) is 4.49. The highest BCUT2D eigenvalue weighted by Crippen LogP contribution is 2.25. The Morgan fingerprint density at radius 2 is 1.88 bits per heavy atom. The Morgan fingerprint density at radius 3 is 2.38 bits per heavy atom. The highest BCUT2D eigenvalue weighted by molar-refractivity contribution is 4.94. The van der Waals surface area contributed by atoms with Gasteiger partial charge in [0.2, 0.25) is 0 Å². The van der Waals surface area contributed by atoms with Crippen molar-refractivity contribution >= 4 is 0 Å². The molecule has 0 aromatic heterocycles. The summed E-state index contributed by atoms with van der Waals surface area (Å²) < 4.78 is 0. The molecular weight excluding hydrogens is 198 g/mol. The van der Waals surface area contributed by atoms with E-state index in [4.69, 9.17) is 0 Å². The second-order valence-electron chi connectivity index (χ2n) is 6.21. The normalized spacial score (nSPS) is 27.0. The molecule has 2 atom stereocenters. The van der Waals surface area contributed by atoms with Crippen LogP contribution in [0.2, 0.25) is 0 Å². The summed E-state index contributed by atoms with van der Waals surface area (Å²) in [5.41, 5.74) is 0.313. The summed E-state index contributed by atoms with van der Waals surface area (Å²) in [6, 6.07) is 1.18. The molecule has 0 bridgehead atoms. The van der Waals surface area contributed by atoms with Crippen molar-refractivity contribution in [2.24, 2.45) is 5.41 Å². The van der Waals surface area contributed by atoms with Gasteiger partial charge in [0.1, 0.15) is 0 Å². The standard InChI is InChI=1S/C13H29N3/c1-7-14-12(13(2,3)4)11-10-15(5)8-9-16(11)6/h11-12,14H,7-10H2,1-6H3. The van der Waals surface area contributed by atoms with Crippen molar-refractivity contribution in [3.05, 3.63) is 0 Å². The van der Waals surface area contributed by atoms with Crippen molar-refractivity contribution in [3.8, 4) is 0 Å². The lowest BCUT2D eigenvalue weighted by Gasteiger charge is -2.46. The summed E-state index contributed by atoms with van der Waals surface area (Å²) >= 11 is 0. The van der Waals surface area contributed by atoms with Gasteiger partial charge < -0.3 is 10.2 Å². The number of nitrogens with one attached hydrogen (secondary N) is 1. The largest absolute Gasteiger partial charge is 0.312 e. The lowest BCUT2D eigenvalue weighted by Crippen LogP contribution is -2.62. The van der Waals surface area contributed by atoms with E-state index in [1.165, 1.54) is 19.6 Å². The van der Waals surface area contributed by atoms with Crippen molar-refractivity contribution in [1.82, 2.24) is 15.1 Å². The van der Waals surface area contributed by atoms with Gasteiger partial charge in [-0.15, -0.1) is 0 Å². The van der Waals surface area contributed by atoms with Gasteiger partial charge in [0.05, 0.1) is 0 Å². The molecule has 1 heterocycles. The number of hydrogen-bond donors (Lipinski definition) is 1. The van der Waals surface area contributed by atoms with Crippen molar-refractivity contribution in [2.75, 3.05) is 40.3 Å². The van der Waals surface area contributed by atoms with Crippen LogP contribution in [0.25, 0.3) is 0 Å². The smallest absolute Gasteiger partial charge is 0.0379 e. The van der Waals surface area contributed by atoms with E-state index in [1.54, 1.807) is 0 Å². The van der Waals surface area contributed by atoms with Crippen LogP contribution in [0.5, 0.6) is 0 Å². The fourth-order valence-corrected chi connectivity index (χ4v) is 2.64. The minimum atomic E-state index is 0.313. The van der Waals surface area contributed by atoms with Gasteiger partial charge in [-0.3, -0.25) is 4.90 Å². The fraction of sp³-hybridized carbons (Fsp3) is 1.00.